The molecule has 0 saturated carbocycles. The summed E-state index contributed by atoms with van der Waals surface area (Å²) in [7, 11) is 0. The monoisotopic (exact) mass is 302 g/mol. The van der Waals surface area contributed by atoms with E-state index in [1.807, 2.05) is 9.58 Å². The number of rotatable bonds is 3. The highest BCUT2D eigenvalue weighted by Gasteiger charge is 2.28. The van der Waals surface area contributed by atoms with Crippen molar-refractivity contribution in [3.05, 3.63) is 24.4 Å². The molecule has 116 valence electrons. The maximum absolute atomic E-state index is 12.6. The first-order valence-corrected chi connectivity index (χ1v) is 7.62. The molecule has 1 amide bonds. The summed E-state index contributed by atoms with van der Waals surface area (Å²) in [5.41, 5.74) is 0.483. The molecule has 4 heterocycles. The summed E-state index contributed by atoms with van der Waals surface area (Å²) < 4.78 is 9.00. The van der Waals surface area contributed by atoms with Gasteiger partial charge in [0, 0.05) is 25.7 Å². The molecule has 0 bridgehead atoms. The third-order valence-corrected chi connectivity index (χ3v) is 4.23. The molecule has 0 spiro atoms. The molecule has 1 atom stereocenters. The van der Waals surface area contributed by atoms with Crippen molar-refractivity contribution in [1.29, 1.82) is 0 Å². The quantitative estimate of drug-likeness (QED) is 0.821. The highest BCUT2D eigenvalue weighted by atomic mass is 16.5. The zero-order chi connectivity index (χ0) is 14.9. The molecule has 22 heavy (non-hydrogen) atoms. The van der Waals surface area contributed by atoms with E-state index in [9.17, 15) is 4.79 Å². The van der Waals surface area contributed by atoms with Crippen LogP contribution in [0.4, 0.5) is 0 Å². The first-order chi connectivity index (χ1) is 10.8. The summed E-state index contributed by atoms with van der Waals surface area (Å²) >= 11 is 0. The van der Waals surface area contributed by atoms with Crippen molar-refractivity contribution >= 4 is 5.91 Å². The van der Waals surface area contributed by atoms with Crippen molar-refractivity contribution in [3.63, 3.8) is 0 Å². The van der Waals surface area contributed by atoms with Crippen molar-refractivity contribution in [3.8, 4) is 5.88 Å². The maximum atomic E-state index is 12.6. The first kappa shape index (κ1) is 13.3. The average molecular weight is 302 g/mol. The molecule has 1 unspecified atom stereocenters. The number of ether oxygens (including phenoxy) is 1. The van der Waals surface area contributed by atoms with Crippen molar-refractivity contribution in [2.75, 3.05) is 19.7 Å². The van der Waals surface area contributed by atoms with E-state index in [0.717, 1.165) is 39.0 Å². The molecule has 0 aromatic carbocycles. The van der Waals surface area contributed by atoms with Gasteiger partial charge in [-0.05, 0) is 18.8 Å². The summed E-state index contributed by atoms with van der Waals surface area (Å²) in [5.74, 6) is 1.10. The second-order valence-corrected chi connectivity index (χ2v) is 5.82. The van der Waals surface area contributed by atoms with Gasteiger partial charge >= 0.3 is 0 Å². The number of carbonyl (C=O) groups is 1. The third-order valence-electron chi connectivity index (χ3n) is 4.23. The number of aromatic nitrogens is 5. The van der Waals surface area contributed by atoms with Crippen LogP contribution in [-0.2, 0) is 13.1 Å². The number of carbonyl (C=O) groups excluding carboxylic acids is 1. The van der Waals surface area contributed by atoms with Gasteiger partial charge in [-0.15, -0.1) is 0 Å². The van der Waals surface area contributed by atoms with Gasteiger partial charge in [0.2, 0.25) is 5.88 Å². The van der Waals surface area contributed by atoms with Crippen molar-refractivity contribution in [2.24, 2.45) is 5.92 Å². The lowest BCUT2D eigenvalue weighted by atomic mass is 9.98. The Hall–Kier alpha value is -2.38. The molecule has 0 aliphatic carbocycles. The topological polar surface area (TPSA) is 78.1 Å². The highest BCUT2D eigenvalue weighted by molar-refractivity contribution is 5.92. The molecule has 1 fully saturated rings. The van der Waals surface area contributed by atoms with E-state index in [1.165, 1.54) is 0 Å². The van der Waals surface area contributed by atoms with E-state index >= 15 is 0 Å². The van der Waals surface area contributed by atoms with E-state index in [2.05, 4.69) is 15.2 Å². The van der Waals surface area contributed by atoms with E-state index in [1.54, 1.807) is 23.4 Å². The van der Waals surface area contributed by atoms with Crippen LogP contribution in [0.3, 0.4) is 0 Å². The summed E-state index contributed by atoms with van der Waals surface area (Å²) in [6.45, 7) is 3.68. The Morgan fingerprint density at radius 1 is 1.41 bits per heavy atom. The highest BCUT2D eigenvalue weighted by Crippen LogP contribution is 2.23. The number of hydrogen-bond acceptors (Lipinski definition) is 5. The fraction of sp³-hybridized carbons (Fsp3) is 0.571. The van der Waals surface area contributed by atoms with Gasteiger partial charge in [-0.2, -0.15) is 10.2 Å². The Labute approximate surface area is 127 Å². The molecular formula is C14H18N6O2. The molecule has 4 rings (SSSR count). The van der Waals surface area contributed by atoms with Gasteiger partial charge in [-0.1, -0.05) is 0 Å². The van der Waals surface area contributed by atoms with Gasteiger partial charge in [0.1, 0.15) is 19.3 Å². The fourth-order valence-electron chi connectivity index (χ4n) is 3.17. The summed E-state index contributed by atoms with van der Waals surface area (Å²) in [6.07, 6.45) is 5.37. The molecule has 2 aliphatic heterocycles. The standard InChI is InChI=1S/C14H18N6O2/c21-14(12-6-13-20(17-12)4-5-22-13)18-3-1-2-11(7-18)8-19-10-15-9-16-19/h6,9-11H,1-5,7-8H2. The second kappa shape index (κ2) is 5.43. The number of piperidine rings is 1. The van der Waals surface area contributed by atoms with Crippen LogP contribution in [0, 0.1) is 5.92 Å². The fourth-order valence-corrected chi connectivity index (χ4v) is 3.17. The molecule has 2 aromatic rings. The Kier molecular flexibility index (Phi) is 3.28. The third kappa shape index (κ3) is 2.44. The van der Waals surface area contributed by atoms with Gasteiger partial charge in [0.25, 0.3) is 5.91 Å². The summed E-state index contributed by atoms with van der Waals surface area (Å²) in [6, 6.07) is 1.75. The van der Waals surface area contributed by atoms with Gasteiger partial charge in [0.15, 0.2) is 5.69 Å². The minimum absolute atomic E-state index is 0.00575. The number of amides is 1. The minimum atomic E-state index is -0.00575. The zero-order valence-electron chi connectivity index (χ0n) is 12.3. The van der Waals surface area contributed by atoms with E-state index in [-0.39, 0.29) is 5.91 Å². The number of fused-ring (bicyclic) bond motifs is 1. The molecule has 8 nitrogen and oxygen atoms in total. The summed E-state index contributed by atoms with van der Waals surface area (Å²) in [4.78, 5) is 18.5. The van der Waals surface area contributed by atoms with Crippen LogP contribution in [0.5, 0.6) is 5.88 Å². The predicted molar refractivity (Wildman–Crippen MR) is 76.4 cm³/mol. The number of hydrogen-bond donors (Lipinski definition) is 0. The van der Waals surface area contributed by atoms with Crippen LogP contribution in [0.1, 0.15) is 23.3 Å². The van der Waals surface area contributed by atoms with Gasteiger partial charge in [-0.3, -0.25) is 9.48 Å². The second-order valence-electron chi connectivity index (χ2n) is 5.82. The normalized spacial score (nSPS) is 20.7. The molecular weight excluding hydrogens is 284 g/mol. The predicted octanol–water partition coefficient (Wildman–Crippen LogP) is 0.419. The van der Waals surface area contributed by atoms with Gasteiger partial charge in [-0.25, -0.2) is 9.67 Å². The first-order valence-electron chi connectivity index (χ1n) is 7.62. The van der Waals surface area contributed by atoms with Crippen molar-refractivity contribution in [2.45, 2.75) is 25.9 Å². The molecule has 0 N–H and O–H groups in total. The Balaban J connectivity index is 1.43. The largest absolute Gasteiger partial charge is 0.476 e. The van der Waals surface area contributed by atoms with E-state index in [4.69, 9.17) is 4.74 Å². The average Bonchev–Trinajstić information content (AvgIpc) is 3.23. The molecule has 0 radical (unpaired) electrons. The van der Waals surface area contributed by atoms with E-state index < -0.39 is 0 Å². The van der Waals surface area contributed by atoms with Gasteiger partial charge in [0.05, 0.1) is 6.54 Å². The lowest BCUT2D eigenvalue weighted by molar-refractivity contribution is 0.0652. The molecule has 1 saturated heterocycles. The lowest BCUT2D eigenvalue weighted by Gasteiger charge is -2.32. The Morgan fingerprint density at radius 2 is 2.36 bits per heavy atom. The van der Waals surface area contributed by atoms with E-state index in [0.29, 0.717) is 24.1 Å². The number of nitrogens with zero attached hydrogens (tertiary/aromatic N) is 6. The van der Waals surface area contributed by atoms with Crippen LogP contribution >= 0.6 is 0 Å². The van der Waals surface area contributed by atoms with Crippen LogP contribution < -0.4 is 4.74 Å². The molecule has 2 aromatic heterocycles. The smallest absolute Gasteiger partial charge is 0.274 e. The SMILES string of the molecule is O=C(c1cc2n(n1)CCO2)N1CCCC(Cn2cncn2)C1. The van der Waals surface area contributed by atoms with Crippen LogP contribution in [0.2, 0.25) is 0 Å². The zero-order valence-corrected chi connectivity index (χ0v) is 12.3. The maximum Gasteiger partial charge on any atom is 0.274 e. The van der Waals surface area contributed by atoms with Crippen LogP contribution in [-0.4, -0.2) is 55.0 Å². The molecule has 8 heteroatoms. The minimum Gasteiger partial charge on any atom is -0.476 e. The Morgan fingerprint density at radius 3 is 3.18 bits per heavy atom. The van der Waals surface area contributed by atoms with Crippen molar-refractivity contribution in [1.82, 2.24) is 29.4 Å². The number of likely N-dealkylation sites (tertiary alicyclic amines) is 1. The van der Waals surface area contributed by atoms with Crippen LogP contribution in [0.25, 0.3) is 0 Å². The van der Waals surface area contributed by atoms with Crippen LogP contribution in [0.15, 0.2) is 18.7 Å². The van der Waals surface area contributed by atoms with Gasteiger partial charge < -0.3 is 9.64 Å². The summed E-state index contributed by atoms with van der Waals surface area (Å²) in [5, 5.41) is 8.48. The molecule has 2 aliphatic rings. The Bertz CT molecular complexity index is 643. The lowest BCUT2D eigenvalue weighted by Crippen LogP contribution is -2.41. The van der Waals surface area contributed by atoms with Crippen molar-refractivity contribution < 1.29 is 9.53 Å².